The van der Waals surface area contributed by atoms with Crippen LogP contribution in [0, 0.1) is 0 Å². The van der Waals surface area contributed by atoms with Gasteiger partial charge >= 0.3 is 0 Å². The molecule has 68 valence electrons. The number of azide groups is 1. The minimum Gasteiger partial charge on any atom is -0.310 e. The van der Waals surface area contributed by atoms with E-state index in [0.29, 0.717) is 19.5 Å². The van der Waals surface area contributed by atoms with Gasteiger partial charge in [0.05, 0.1) is 6.54 Å². The molecule has 0 fully saturated rings. The van der Waals surface area contributed by atoms with Crippen molar-refractivity contribution in [2.24, 2.45) is 5.11 Å². The highest BCUT2D eigenvalue weighted by molar-refractivity contribution is 5.79. The normalized spacial score (nSPS) is 9.08. The number of Topliss-reactive ketones (excluding diaryl/α,β-unsaturated/α-hetero) is 1. The SMILES string of the molecule is CCC(=O)CNCCCN=[N+]=[N-]. The smallest absolute Gasteiger partial charge is 0.146 e. The first-order valence-electron chi connectivity index (χ1n) is 4.04. The lowest BCUT2D eigenvalue weighted by Gasteiger charge is -1.99. The summed E-state index contributed by atoms with van der Waals surface area (Å²) in [5.41, 5.74) is 7.93. The van der Waals surface area contributed by atoms with Gasteiger partial charge in [0.15, 0.2) is 0 Å². The van der Waals surface area contributed by atoms with Gasteiger partial charge in [-0.1, -0.05) is 12.0 Å². The Kier molecular flexibility index (Phi) is 7.33. The van der Waals surface area contributed by atoms with Crippen molar-refractivity contribution in [1.29, 1.82) is 0 Å². The number of nitrogens with one attached hydrogen (secondary N) is 1. The van der Waals surface area contributed by atoms with Crippen LogP contribution in [0.2, 0.25) is 0 Å². The Balaban J connectivity index is 3.10. The maximum Gasteiger partial charge on any atom is 0.146 e. The van der Waals surface area contributed by atoms with Crippen LogP contribution in [0.5, 0.6) is 0 Å². The monoisotopic (exact) mass is 170 g/mol. The minimum atomic E-state index is 0.207. The molecule has 0 bridgehead atoms. The van der Waals surface area contributed by atoms with Crippen LogP contribution in [0.3, 0.4) is 0 Å². The van der Waals surface area contributed by atoms with Crippen molar-refractivity contribution in [3.8, 4) is 0 Å². The lowest BCUT2D eigenvalue weighted by atomic mass is 10.3. The van der Waals surface area contributed by atoms with Crippen molar-refractivity contribution in [3.63, 3.8) is 0 Å². The van der Waals surface area contributed by atoms with Crippen LogP contribution in [0.4, 0.5) is 0 Å². The maximum atomic E-state index is 10.8. The molecule has 0 atom stereocenters. The van der Waals surface area contributed by atoms with Gasteiger partial charge in [0, 0.05) is 17.9 Å². The molecule has 0 saturated carbocycles. The van der Waals surface area contributed by atoms with Crippen LogP contribution in [-0.2, 0) is 4.79 Å². The quantitative estimate of drug-likeness (QED) is 0.270. The van der Waals surface area contributed by atoms with E-state index >= 15 is 0 Å². The van der Waals surface area contributed by atoms with Crippen LogP contribution in [0.1, 0.15) is 19.8 Å². The van der Waals surface area contributed by atoms with E-state index in [-0.39, 0.29) is 5.78 Å². The molecule has 0 aliphatic heterocycles. The second-order valence-electron chi connectivity index (χ2n) is 2.38. The van der Waals surface area contributed by atoms with Crippen molar-refractivity contribution in [3.05, 3.63) is 10.4 Å². The molecule has 0 aromatic heterocycles. The number of nitrogens with zero attached hydrogens (tertiary/aromatic N) is 3. The zero-order chi connectivity index (χ0) is 9.23. The summed E-state index contributed by atoms with van der Waals surface area (Å²) >= 11 is 0. The zero-order valence-corrected chi connectivity index (χ0v) is 7.29. The molecule has 0 saturated heterocycles. The van der Waals surface area contributed by atoms with Crippen molar-refractivity contribution in [2.45, 2.75) is 19.8 Å². The van der Waals surface area contributed by atoms with Crippen molar-refractivity contribution >= 4 is 5.78 Å². The molecular formula is C7H14N4O. The molecule has 0 heterocycles. The predicted octanol–water partition coefficient (Wildman–Crippen LogP) is 1.26. The summed E-state index contributed by atoms with van der Waals surface area (Å²) in [4.78, 5) is 13.4. The number of hydrogen-bond acceptors (Lipinski definition) is 3. The van der Waals surface area contributed by atoms with E-state index < -0.39 is 0 Å². The third-order valence-corrected chi connectivity index (χ3v) is 1.39. The molecule has 0 aliphatic carbocycles. The molecule has 0 aliphatic rings. The first-order valence-corrected chi connectivity index (χ1v) is 4.04. The van der Waals surface area contributed by atoms with Crippen LogP contribution in [0.25, 0.3) is 10.4 Å². The van der Waals surface area contributed by atoms with Crippen molar-refractivity contribution < 1.29 is 4.79 Å². The van der Waals surface area contributed by atoms with Gasteiger partial charge in [-0.25, -0.2) is 0 Å². The molecular weight excluding hydrogens is 156 g/mol. The lowest BCUT2D eigenvalue weighted by molar-refractivity contribution is -0.117. The predicted molar refractivity (Wildman–Crippen MR) is 46.8 cm³/mol. The summed E-state index contributed by atoms with van der Waals surface area (Å²) in [6, 6.07) is 0. The van der Waals surface area contributed by atoms with Gasteiger partial charge in [0.25, 0.3) is 0 Å². The third-order valence-electron chi connectivity index (χ3n) is 1.39. The standard InChI is InChI=1S/C7H14N4O/c1-2-7(12)6-9-4-3-5-10-11-8/h9H,2-6H2,1H3. The third kappa shape index (κ3) is 7.05. The highest BCUT2D eigenvalue weighted by Gasteiger charge is 1.94. The fourth-order valence-corrected chi connectivity index (χ4v) is 0.672. The summed E-state index contributed by atoms with van der Waals surface area (Å²) in [6.45, 7) is 3.48. The molecule has 5 nitrogen and oxygen atoms in total. The molecule has 0 amide bonds. The zero-order valence-electron chi connectivity index (χ0n) is 7.29. The highest BCUT2D eigenvalue weighted by Crippen LogP contribution is 1.81. The summed E-state index contributed by atoms with van der Waals surface area (Å²) in [5.74, 6) is 0.207. The Morgan fingerprint density at radius 3 is 3.00 bits per heavy atom. The van der Waals surface area contributed by atoms with E-state index in [1.54, 1.807) is 0 Å². The van der Waals surface area contributed by atoms with Gasteiger partial charge in [0.2, 0.25) is 0 Å². The number of rotatable bonds is 7. The maximum absolute atomic E-state index is 10.8. The molecule has 0 radical (unpaired) electrons. The van der Waals surface area contributed by atoms with Gasteiger partial charge in [-0.2, -0.15) is 0 Å². The molecule has 12 heavy (non-hydrogen) atoms. The Bertz CT molecular complexity index is 174. The van der Waals surface area contributed by atoms with E-state index in [9.17, 15) is 4.79 Å². The van der Waals surface area contributed by atoms with Gasteiger partial charge in [0.1, 0.15) is 5.78 Å². The number of carbonyl (C=O) groups excluding carboxylic acids is 1. The number of carbonyl (C=O) groups is 1. The van der Waals surface area contributed by atoms with E-state index in [0.717, 1.165) is 13.0 Å². The van der Waals surface area contributed by atoms with Crippen LogP contribution < -0.4 is 5.32 Å². The summed E-state index contributed by atoms with van der Waals surface area (Å²) in [5, 5.41) is 6.33. The Hall–Kier alpha value is -1.06. The number of hydrogen-bond donors (Lipinski definition) is 1. The van der Waals surface area contributed by atoms with E-state index in [2.05, 4.69) is 15.3 Å². The summed E-state index contributed by atoms with van der Waals surface area (Å²) < 4.78 is 0. The molecule has 0 aromatic rings. The molecule has 0 unspecified atom stereocenters. The van der Waals surface area contributed by atoms with Crippen LogP contribution in [-0.4, -0.2) is 25.4 Å². The Labute approximate surface area is 71.8 Å². The highest BCUT2D eigenvalue weighted by atomic mass is 16.1. The fourth-order valence-electron chi connectivity index (χ4n) is 0.672. The second kappa shape index (κ2) is 8.04. The van der Waals surface area contributed by atoms with E-state index in [1.807, 2.05) is 6.92 Å². The van der Waals surface area contributed by atoms with Crippen molar-refractivity contribution in [1.82, 2.24) is 5.32 Å². The minimum absolute atomic E-state index is 0.207. The van der Waals surface area contributed by atoms with E-state index in [4.69, 9.17) is 5.53 Å². The molecule has 5 heteroatoms. The average molecular weight is 170 g/mol. The Morgan fingerprint density at radius 2 is 2.42 bits per heavy atom. The first kappa shape index (κ1) is 10.9. The molecule has 1 N–H and O–H groups in total. The van der Waals surface area contributed by atoms with Gasteiger partial charge in [-0.15, -0.1) is 0 Å². The van der Waals surface area contributed by atoms with Crippen LogP contribution in [0.15, 0.2) is 5.11 Å². The van der Waals surface area contributed by atoms with Crippen LogP contribution >= 0.6 is 0 Å². The first-order chi connectivity index (χ1) is 5.81. The van der Waals surface area contributed by atoms with Crippen molar-refractivity contribution in [2.75, 3.05) is 19.6 Å². The number of ketones is 1. The molecule has 0 aromatic carbocycles. The second-order valence-corrected chi connectivity index (χ2v) is 2.38. The largest absolute Gasteiger partial charge is 0.310 e. The molecule has 0 rings (SSSR count). The lowest BCUT2D eigenvalue weighted by Crippen LogP contribution is -2.23. The summed E-state index contributed by atoms with van der Waals surface area (Å²) in [6.07, 6.45) is 1.35. The van der Waals surface area contributed by atoms with Gasteiger partial charge < -0.3 is 5.32 Å². The Morgan fingerprint density at radius 1 is 1.67 bits per heavy atom. The topological polar surface area (TPSA) is 77.9 Å². The molecule has 0 spiro atoms. The fraction of sp³-hybridized carbons (Fsp3) is 0.857. The van der Waals surface area contributed by atoms with E-state index in [1.165, 1.54) is 0 Å². The van der Waals surface area contributed by atoms with Gasteiger partial charge in [-0.3, -0.25) is 4.79 Å². The van der Waals surface area contributed by atoms with Gasteiger partial charge in [-0.05, 0) is 18.5 Å². The average Bonchev–Trinajstić information content (AvgIpc) is 2.10. The summed E-state index contributed by atoms with van der Waals surface area (Å²) in [7, 11) is 0.